The lowest BCUT2D eigenvalue weighted by atomic mass is 9.86. The van der Waals surface area contributed by atoms with E-state index in [0.717, 1.165) is 30.1 Å². The molecule has 1 aromatic heterocycles. The number of hydrogen-bond acceptors (Lipinski definition) is 3. The number of nitrogens with one attached hydrogen (secondary N) is 1. The Hall–Kier alpha value is -2.46. The standard InChI is InChI=1S/C26H33N3O/c30-25(18-21-10-3-1-4-11-21)28-26(24-15-7-8-16-27-24)23-14-9-17-29(20-23)19-22-12-5-2-6-13-22/h1-5,7-8,10-11,15-16,22-23,26H,6,9,12-14,17-20H2,(H,28,30)/t22-,23+,26+/m0/s1. The molecular formula is C26H33N3O. The molecule has 4 rings (SSSR count). The van der Waals surface area contributed by atoms with Crippen LogP contribution in [-0.4, -0.2) is 35.4 Å². The van der Waals surface area contributed by atoms with E-state index in [-0.39, 0.29) is 11.9 Å². The predicted octanol–water partition coefficient (Wildman–Crippen LogP) is 4.55. The first-order valence-electron chi connectivity index (χ1n) is 11.4. The number of pyridine rings is 1. The van der Waals surface area contributed by atoms with Crippen LogP contribution in [0.25, 0.3) is 0 Å². The number of piperidine rings is 1. The molecule has 1 fully saturated rings. The topological polar surface area (TPSA) is 45.2 Å². The van der Waals surface area contributed by atoms with E-state index < -0.39 is 0 Å². The fourth-order valence-electron chi connectivity index (χ4n) is 4.92. The molecule has 2 aromatic rings. The molecule has 0 radical (unpaired) electrons. The van der Waals surface area contributed by atoms with E-state index in [4.69, 9.17) is 0 Å². The number of benzene rings is 1. The first-order chi connectivity index (χ1) is 14.8. The molecule has 1 aliphatic heterocycles. The van der Waals surface area contributed by atoms with Crippen LogP contribution in [0.15, 0.2) is 66.9 Å². The smallest absolute Gasteiger partial charge is 0.224 e. The maximum Gasteiger partial charge on any atom is 0.224 e. The molecule has 1 N–H and O–H groups in total. The first kappa shape index (κ1) is 20.8. The Morgan fingerprint density at radius 3 is 2.73 bits per heavy atom. The summed E-state index contributed by atoms with van der Waals surface area (Å²) >= 11 is 0. The number of allylic oxidation sites excluding steroid dienone is 2. The van der Waals surface area contributed by atoms with E-state index in [0.29, 0.717) is 12.3 Å². The SMILES string of the molecule is O=C(Cc1ccccc1)N[C@@H](c1ccccn1)[C@@H]1CCCN(C[C@H]2CC=CCC2)C1. The molecule has 158 valence electrons. The summed E-state index contributed by atoms with van der Waals surface area (Å²) in [5, 5.41) is 3.34. The van der Waals surface area contributed by atoms with Crippen LogP contribution < -0.4 is 5.32 Å². The van der Waals surface area contributed by atoms with Gasteiger partial charge in [0.1, 0.15) is 0 Å². The minimum Gasteiger partial charge on any atom is -0.347 e. The second-order valence-corrected chi connectivity index (χ2v) is 8.77. The highest BCUT2D eigenvalue weighted by Gasteiger charge is 2.31. The monoisotopic (exact) mass is 403 g/mol. The van der Waals surface area contributed by atoms with Gasteiger partial charge in [0.25, 0.3) is 0 Å². The van der Waals surface area contributed by atoms with Crippen molar-refractivity contribution in [3.8, 4) is 0 Å². The largest absolute Gasteiger partial charge is 0.347 e. The van der Waals surface area contributed by atoms with Gasteiger partial charge in [-0.15, -0.1) is 0 Å². The Bertz CT molecular complexity index is 821. The number of amides is 1. The number of nitrogens with zero attached hydrogens (tertiary/aromatic N) is 2. The summed E-state index contributed by atoms with van der Waals surface area (Å²) in [6, 6.07) is 16.0. The van der Waals surface area contributed by atoms with E-state index in [1.807, 2.05) is 48.7 Å². The lowest BCUT2D eigenvalue weighted by Crippen LogP contribution is -2.45. The maximum absolute atomic E-state index is 12.9. The minimum atomic E-state index is -0.0311. The van der Waals surface area contributed by atoms with Crippen LogP contribution in [0.3, 0.4) is 0 Å². The molecule has 2 aliphatic rings. The molecule has 3 atom stereocenters. The van der Waals surface area contributed by atoms with Crippen LogP contribution in [0.5, 0.6) is 0 Å². The normalized spacial score (nSPS) is 23.1. The third-order valence-corrected chi connectivity index (χ3v) is 6.44. The summed E-state index contributed by atoms with van der Waals surface area (Å²) in [6.45, 7) is 3.38. The van der Waals surface area contributed by atoms with Gasteiger partial charge >= 0.3 is 0 Å². The van der Waals surface area contributed by atoms with Crippen molar-refractivity contribution in [1.82, 2.24) is 15.2 Å². The Balaban J connectivity index is 1.43. The van der Waals surface area contributed by atoms with E-state index >= 15 is 0 Å². The number of likely N-dealkylation sites (tertiary alicyclic amines) is 1. The summed E-state index contributed by atoms with van der Waals surface area (Å²) in [4.78, 5) is 20.1. The molecule has 0 saturated carbocycles. The minimum absolute atomic E-state index is 0.0311. The fourth-order valence-corrected chi connectivity index (χ4v) is 4.92. The van der Waals surface area contributed by atoms with Crippen LogP contribution in [0.4, 0.5) is 0 Å². The molecule has 0 spiro atoms. The Kier molecular flexibility index (Phi) is 7.30. The maximum atomic E-state index is 12.9. The summed E-state index contributed by atoms with van der Waals surface area (Å²) in [7, 11) is 0. The highest BCUT2D eigenvalue weighted by Crippen LogP contribution is 2.30. The van der Waals surface area contributed by atoms with Crippen LogP contribution in [0.2, 0.25) is 0 Å². The Labute approximate surface area is 180 Å². The van der Waals surface area contributed by atoms with Crippen molar-refractivity contribution in [2.75, 3.05) is 19.6 Å². The number of carbonyl (C=O) groups excluding carboxylic acids is 1. The highest BCUT2D eigenvalue weighted by atomic mass is 16.1. The lowest BCUT2D eigenvalue weighted by Gasteiger charge is -2.38. The summed E-state index contributed by atoms with van der Waals surface area (Å²) in [5.41, 5.74) is 2.02. The number of rotatable bonds is 7. The van der Waals surface area contributed by atoms with E-state index in [1.54, 1.807) is 0 Å². The summed E-state index contributed by atoms with van der Waals surface area (Å²) in [6.07, 6.45) is 12.9. The zero-order valence-electron chi connectivity index (χ0n) is 17.7. The predicted molar refractivity (Wildman–Crippen MR) is 121 cm³/mol. The van der Waals surface area contributed by atoms with Crippen molar-refractivity contribution in [3.05, 3.63) is 78.1 Å². The lowest BCUT2D eigenvalue weighted by molar-refractivity contribution is -0.121. The van der Waals surface area contributed by atoms with Gasteiger partial charge in [-0.05, 0) is 68.2 Å². The van der Waals surface area contributed by atoms with Crippen LogP contribution in [0.1, 0.15) is 49.4 Å². The van der Waals surface area contributed by atoms with Gasteiger partial charge in [0.05, 0.1) is 18.2 Å². The van der Waals surface area contributed by atoms with Crippen molar-refractivity contribution in [2.45, 2.75) is 44.6 Å². The molecule has 2 heterocycles. The zero-order chi connectivity index (χ0) is 20.6. The van der Waals surface area contributed by atoms with Crippen molar-refractivity contribution < 1.29 is 4.79 Å². The van der Waals surface area contributed by atoms with Crippen molar-refractivity contribution in [2.24, 2.45) is 11.8 Å². The third-order valence-electron chi connectivity index (χ3n) is 6.44. The van der Waals surface area contributed by atoms with Gasteiger partial charge in [-0.1, -0.05) is 48.6 Å². The summed E-state index contributed by atoms with van der Waals surface area (Å²) in [5.74, 6) is 1.24. The molecule has 4 nitrogen and oxygen atoms in total. The molecule has 1 saturated heterocycles. The van der Waals surface area contributed by atoms with Gasteiger partial charge in [-0.3, -0.25) is 9.78 Å². The molecule has 0 unspecified atom stereocenters. The number of hydrogen-bond donors (Lipinski definition) is 1. The third kappa shape index (κ3) is 5.79. The molecule has 0 bridgehead atoms. The average Bonchev–Trinajstić information content (AvgIpc) is 2.80. The van der Waals surface area contributed by atoms with Gasteiger partial charge in [-0.2, -0.15) is 0 Å². The second-order valence-electron chi connectivity index (χ2n) is 8.77. The average molecular weight is 404 g/mol. The highest BCUT2D eigenvalue weighted by molar-refractivity contribution is 5.79. The quantitative estimate of drug-likeness (QED) is 0.690. The van der Waals surface area contributed by atoms with Crippen LogP contribution in [0, 0.1) is 11.8 Å². The van der Waals surface area contributed by atoms with E-state index in [9.17, 15) is 4.79 Å². The van der Waals surface area contributed by atoms with E-state index in [2.05, 4.69) is 33.4 Å². The molecule has 1 aromatic carbocycles. The van der Waals surface area contributed by atoms with Gasteiger partial charge in [-0.25, -0.2) is 0 Å². The molecule has 30 heavy (non-hydrogen) atoms. The van der Waals surface area contributed by atoms with Gasteiger partial charge < -0.3 is 10.2 Å². The first-order valence-corrected chi connectivity index (χ1v) is 11.4. The van der Waals surface area contributed by atoms with Crippen molar-refractivity contribution in [1.29, 1.82) is 0 Å². The number of carbonyl (C=O) groups is 1. The van der Waals surface area contributed by atoms with Gasteiger partial charge in [0, 0.05) is 19.3 Å². The fraction of sp³-hybridized carbons (Fsp3) is 0.462. The van der Waals surface area contributed by atoms with Crippen LogP contribution in [-0.2, 0) is 11.2 Å². The van der Waals surface area contributed by atoms with Crippen LogP contribution >= 0.6 is 0 Å². The molecular weight excluding hydrogens is 370 g/mol. The Morgan fingerprint density at radius 2 is 1.97 bits per heavy atom. The van der Waals surface area contributed by atoms with Crippen molar-refractivity contribution in [3.63, 3.8) is 0 Å². The van der Waals surface area contributed by atoms with Crippen molar-refractivity contribution >= 4 is 5.91 Å². The number of aromatic nitrogens is 1. The Morgan fingerprint density at radius 1 is 1.10 bits per heavy atom. The summed E-state index contributed by atoms with van der Waals surface area (Å²) < 4.78 is 0. The van der Waals surface area contributed by atoms with Gasteiger partial charge in [0.15, 0.2) is 0 Å². The molecule has 1 amide bonds. The van der Waals surface area contributed by atoms with Gasteiger partial charge in [0.2, 0.25) is 5.91 Å². The van der Waals surface area contributed by atoms with E-state index in [1.165, 1.54) is 38.8 Å². The molecule has 1 aliphatic carbocycles. The second kappa shape index (κ2) is 10.5. The zero-order valence-corrected chi connectivity index (χ0v) is 17.7. The molecule has 4 heteroatoms.